The molecular weight excluding hydrogens is 538 g/mol. The Morgan fingerprint density at radius 1 is 0.900 bits per heavy atom. The number of pyridine rings is 1. The van der Waals surface area contributed by atoms with Crippen LogP contribution in [0, 0.1) is 5.41 Å². The number of hydrogen-bond acceptors (Lipinski definition) is 4. The molecule has 2 N–H and O–H groups in total. The fourth-order valence-electron chi connectivity index (χ4n) is 6.17. The van der Waals surface area contributed by atoms with Crippen molar-refractivity contribution in [1.82, 2.24) is 30.4 Å². The van der Waals surface area contributed by atoms with Crippen molar-refractivity contribution in [2.45, 2.75) is 62.8 Å². The predicted octanol–water partition coefficient (Wildman–Crippen LogP) is 6.01. The molecule has 0 aliphatic heterocycles. The zero-order valence-corrected chi connectivity index (χ0v) is 21.7. The lowest BCUT2D eigenvalue weighted by molar-refractivity contribution is -0.138. The first-order chi connectivity index (χ1) is 18.8. The van der Waals surface area contributed by atoms with Gasteiger partial charge in [-0.1, -0.05) is 18.2 Å². The number of hydrogen-bond donors (Lipinski definition) is 2. The smallest absolute Gasteiger partial charge is 0.338 e. The lowest BCUT2D eigenvalue weighted by Gasteiger charge is -2.52. The van der Waals surface area contributed by atoms with Crippen LogP contribution in [0.1, 0.15) is 61.0 Å². The number of rotatable bonds is 6. The lowest BCUT2D eigenvalue weighted by atomic mass is 9.53. The molecule has 3 saturated carbocycles. The number of urea groups is 1. The van der Waals surface area contributed by atoms with Gasteiger partial charge in [0, 0.05) is 49.1 Å². The average molecular weight is 567 g/mol. The molecule has 2 aromatic heterocycles. The van der Waals surface area contributed by atoms with Gasteiger partial charge in [-0.05, 0) is 56.1 Å². The van der Waals surface area contributed by atoms with Gasteiger partial charge in [0.2, 0.25) is 0 Å². The standard InChI is InChI=1S/C27H28F6N6O/c1-39-21(18-4-2-3-5-20(18)27(31,32)33)37-38-22(39)25-10-7-24(8-11-25,9-12-25)16-36-23(40)35-15-17-14-34-13-6-19(17)26(28,29)30/h2-6,13-14H,7-12,15-16H2,1H3,(H2,35,36,40). The van der Waals surface area contributed by atoms with Gasteiger partial charge in [0.05, 0.1) is 11.1 Å². The van der Waals surface area contributed by atoms with Crippen molar-refractivity contribution in [2.24, 2.45) is 12.5 Å². The lowest BCUT2D eigenvalue weighted by Crippen LogP contribution is -2.51. The van der Waals surface area contributed by atoms with Gasteiger partial charge in [0.25, 0.3) is 0 Å². The van der Waals surface area contributed by atoms with E-state index in [2.05, 4.69) is 25.8 Å². The second kappa shape index (κ2) is 10.1. The number of carbonyl (C=O) groups excluding carboxylic acids is 1. The van der Waals surface area contributed by atoms with Crippen LogP contribution in [0.15, 0.2) is 42.7 Å². The number of halogens is 6. The Balaban J connectivity index is 1.22. The molecule has 6 rings (SSSR count). The first-order valence-corrected chi connectivity index (χ1v) is 12.9. The molecule has 40 heavy (non-hydrogen) atoms. The molecule has 13 heteroatoms. The summed E-state index contributed by atoms with van der Waals surface area (Å²) in [7, 11) is 1.70. The number of aromatic nitrogens is 4. The topological polar surface area (TPSA) is 84.7 Å². The fraction of sp³-hybridized carbons (Fsp3) is 0.481. The minimum atomic E-state index is -4.54. The van der Waals surface area contributed by atoms with Crippen LogP contribution in [0.4, 0.5) is 31.1 Å². The van der Waals surface area contributed by atoms with Crippen molar-refractivity contribution in [3.05, 3.63) is 65.2 Å². The molecule has 0 spiro atoms. The first-order valence-electron chi connectivity index (χ1n) is 12.9. The Morgan fingerprint density at radius 3 is 2.20 bits per heavy atom. The molecule has 1 aromatic carbocycles. The summed E-state index contributed by atoms with van der Waals surface area (Å²) in [4.78, 5) is 16.2. The number of nitrogens with one attached hydrogen (secondary N) is 2. The maximum Gasteiger partial charge on any atom is 0.417 e. The summed E-state index contributed by atoms with van der Waals surface area (Å²) in [5, 5.41) is 13.8. The van der Waals surface area contributed by atoms with E-state index >= 15 is 0 Å². The van der Waals surface area contributed by atoms with Crippen LogP contribution in [0.2, 0.25) is 0 Å². The van der Waals surface area contributed by atoms with Crippen molar-refractivity contribution in [2.75, 3.05) is 6.54 Å². The Hall–Kier alpha value is -3.64. The molecule has 0 atom stereocenters. The molecule has 2 heterocycles. The van der Waals surface area contributed by atoms with E-state index in [1.165, 1.54) is 12.1 Å². The van der Waals surface area contributed by atoms with E-state index in [9.17, 15) is 31.1 Å². The number of benzene rings is 1. The molecule has 3 fully saturated rings. The van der Waals surface area contributed by atoms with Gasteiger partial charge >= 0.3 is 18.4 Å². The number of carbonyl (C=O) groups is 1. The molecular formula is C27H28F6N6O. The second-order valence-corrected chi connectivity index (χ2v) is 10.8. The van der Waals surface area contributed by atoms with Crippen molar-refractivity contribution < 1.29 is 31.1 Å². The molecule has 214 valence electrons. The Kier molecular flexibility index (Phi) is 7.03. The number of alkyl halides is 6. The van der Waals surface area contributed by atoms with Gasteiger partial charge in [-0.3, -0.25) is 4.98 Å². The van der Waals surface area contributed by atoms with Crippen molar-refractivity contribution in [3.8, 4) is 11.4 Å². The van der Waals surface area contributed by atoms with Gasteiger partial charge in [-0.15, -0.1) is 10.2 Å². The zero-order valence-electron chi connectivity index (χ0n) is 21.7. The Morgan fingerprint density at radius 2 is 1.55 bits per heavy atom. The molecule has 0 unspecified atom stereocenters. The van der Waals surface area contributed by atoms with E-state index in [1.54, 1.807) is 17.7 Å². The SMILES string of the molecule is Cn1c(-c2ccccc2C(F)(F)F)nnc1C12CCC(CNC(=O)NCc3cnccc3C(F)(F)F)(CC1)CC2. The van der Waals surface area contributed by atoms with Crippen molar-refractivity contribution in [3.63, 3.8) is 0 Å². The normalized spacial score (nSPS) is 22.8. The second-order valence-electron chi connectivity index (χ2n) is 10.8. The van der Waals surface area contributed by atoms with E-state index in [0.29, 0.717) is 12.4 Å². The Bertz CT molecular complexity index is 1370. The highest BCUT2D eigenvalue weighted by molar-refractivity contribution is 5.74. The van der Waals surface area contributed by atoms with Gasteiger partial charge in [0.15, 0.2) is 5.82 Å². The van der Waals surface area contributed by atoms with E-state index in [0.717, 1.165) is 63.1 Å². The van der Waals surface area contributed by atoms with Crippen LogP contribution in [-0.2, 0) is 31.4 Å². The van der Waals surface area contributed by atoms with E-state index in [4.69, 9.17) is 0 Å². The van der Waals surface area contributed by atoms with Crippen LogP contribution in [-0.4, -0.2) is 32.3 Å². The van der Waals surface area contributed by atoms with Crippen LogP contribution >= 0.6 is 0 Å². The first kappa shape index (κ1) is 27.9. The summed E-state index contributed by atoms with van der Waals surface area (Å²) >= 11 is 0. The maximum atomic E-state index is 13.6. The van der Waals surface area contributed by atoms with Crippen LogP contribution in [0.25, 0.3) is 11.4 Å². The number of nitrogens with zero attached hydrogens (tertiary/aromatic N) is 4. The molecule has 0 radical (unpaired) electrons. The monoisotopic (exact) mass is 566 g/mol. The largest absolute Gasteiger partial charge is 0.417 e. The van der Waals surface area contributed by atoms with Crippen LogP contribution in [0.3, 0.4) is 0 Å². The van der Waals surface area contributed by atoms with E-state index in [-0.39, 0.29) is 34.3 Å². The van der Waals surface area contributed by atoms with Crippen molar-refractivity contribution in [1.29, 1.82) is 0 Å². The molecule has 0 saturated heterocycles. The molecule has 3 aliphatic rings. The molecule has 2 amide bonds. The summed E-state index contributed by atoms with van der Waals surface area (Å²) < 4.78 is 82.0. The molecule has 3 aliphatic carbocycles. The summed E-state index contributed by atoms with van der Waals surface area (Å²) in [6, 6.07) is 5.64. The van der Waals surface area contributed by atoms with Gasteiger partial charge in [-0.25, -0.2) is 4.79 Å². The highest BCUT2D eigenvalue weighted by atomic mass is 19.4. The summed E-state index contributed by atoms with van der Waals surface area (Å²) in [6.07, 6.45) is -2.37. The third-order valence-corrected chi connectivity index (χ3v) is 8.50. The minimum absolute atomic E-state index is 0.0162. The van der Waals surface area contributed by atoms with Crippen LogP contribution in [0.5, 0.6) is 0 Å². The fourth-order valence-corrected chi connectivity index (χ4v) is 6.17. The minimum Gasteiger partial charge on any atom is -0.338 e. The molecule has 3 aromatic rings. The summed E-state index contributed by atoms with van der Waals surface area (Å²) in [6.45, 7) is 0.0632. The Labute approximate surface area is 226 Å². The van der Waals surface area contributed by atoms with E-state index < -0.39 is 29.5 Å². The van der Waals surface area contributed by atoms with Gasteiger partial charge in [-0.2, -0.15) is 26.3 Å². The van der Waals surface area contributed by atoms with Crippen molar-refractivity contribution >= 4 is 6.03 Å². The molecule has 2 bridgehead atoms. The maximum absolute atomic E-state index is 13.6. The average Bonchev–Trinajstić information content (AvgIpc) is 3.33. The zero-order chi connectivity index (χ0) is 28.8. The van der Waals surface area contributed by atoms with Gasteiger partial charge < -0.3 is 15.2 Å². The highest BCUT2D eigenvalue weighted by Crippen LogP contribution is 2.57. The van der Waals surface area contributed by atoms with Gasteiger partial charge in [0.1, 0.15) is 5.82 Å². The summed E-state index contributed by atoms with van der Waals surface area (Å²) in [5.41, 5.74) is -2.21. The quantitative estimate of drug-likeness (QED) is 0.358. The third kappa shape index (κ3) is 5.25. The van der Waals surface area contributed by atoms with E-state index in [1.807, 2.05) is 0 Å². The number of fused-ring (bicyclic) bond motifs is 3. The molecule has 7 nitrogen and oxygen atoms in total. The predicted molar refractivity (Wildman–Crippen MR) is 133 cm³/mol. The summed E-state index contributed by atoms with van der Waals surface area (Å²) in [5.74, 6) is 0.829. The highest BCUT2D eigenvalue weighted by Gasteiger charge is 2.51. The van der Waals surface area contributed by atoms with Crippen LogP contribution < -0.4 is 10.6 Å². The number of amides is 2. The third-order valence-electron chi connectivity index (χ3n) is 8.50.